The molecule has 0 bridgehead atoms. The first-order valence-corrected chi connectivity index (χ1v) is 6.43. The van der Waals surface area contributed by atoms with Crippen molar-refractivity contribution in [1.29, 1.82) is 0 Å². The molecule has 0 radical (unpaired) electrons. The summed E-state index contributed by atoms with van der Waals surface area (Å²) in [5.41, 5.74) is 8.57. The summed E-state index contributed by atoms with van der Waals surface area (Å²) in [6.07, 6.45) is 0. The Morgan fingerprint density at radius 1 is 1.16 bits per heavy atom. The van der Waals surface area contributed by atoms with E-state index in [4.69, 9.17) is 5.73 Å². The fourth-order valence-corrected chi connectivity index (χ4v) is 2.57. The van der Waals surface area contributed by atoms with E-state index in [1.807, 2.05) is 12.1 Å². The van der Waals surface area contributed by atoms with Crippen LogP contribution in [0.15, 0.2) is 39.4 Å². The fraction of sp³-hybridized carbons (Fsp3) is 0.0833. The van der Waals surface area contributed by atoms with E-state index in [0.717, 1.165) is 11.0 Å². The zero-order chi connectivity index (χ0) is 13.4. The van der Waals surface area contributed by atoms with Gasteiger partial charge in [-0.25, -0.2) is 9.97 Å². The van der Waals surface area contributed by atoms with Gasteiger partial charge >= 0.3 is 0 Å². The quantitative estimate of drug-likeness (QED) is 0.487. The molecular formula is C12H11N5OS. The lowest BCUT2D eigenvalue weighted by molar-refractivity contribution is 0.898. The number of hydrogen-bond donors (Lipinski definition) is 3. The van der Waals surface area contributed by atoms with Gasteiger partial charge < -0.3 is 15.7 Å². The Morgan fingerprint density at radius 3 is 2.74 bits per heavy atom. The molecule has 0 unspecified atom stereocenters. The topological polar surface area (TPSA) is 100 Å². The van der Waals surface area contributed by atoms with Crippen LogP contribution in [-0.2, 0) is 0 Å². The first kappa shape index (κ1) is 11.8. The molecule has 0 spiro atoms. The maximum Gasteiger partial charge on any atom is 0.251 e. The van der Waals surface area contributed by atoms with Crippen molar-refractivity contribution in [2.24, 2.45) is 0 Å². The van der Waals surface area contributed by atoms with E-state index < -0.39 is 0 Å². The second-order valence-corrected chi connectivity index (χ2v) is 5.09. The Morgan fingerprint density at radius 2 is 1.95 bits per heavy atom. The summed E-state index contributed by atoms with van der Waals surface area (Å²) in [7, 11) is 0. The molecule has 4 N–H and O–H groups in total. The molecule has 96 valence electrons. The van der Waals surface area contributed by atoms with Crippen molar-refractivity contribution < 1.29 is 0 Å². The van der Waals surface area contributed by atoms with Crippen molar-refractivity contribution in [3.05, 3.63) is 40.3 Å². The number of anilines is 1. The van der Waals surface area contributed by atoms with Gasteiger partial charge in [0.1, 0.15) is 0 Å². The number of aromatic nitrogens is 4. The van der Waals surface area contributed by atoms with E-state index in [2.05, 4.69) is 19.9 Å². The number of nitrogens with two attached hydrogens (primary N) is 1. The third kappa shape index (κ3) is 2.45. The third-order valence-electron chi connectivity index (χ3n) is 2.53. The molecule has 0 amide bonds. The van der Waals surface area contributed by atoms with Gasteiger partial charge in [0, 0.05) is 17.4 Å². The Balaban J connectivity index is 1.98. The Bertz CT molecular complexity index is 807. The number of H-pyrrole nitrogens is 2. The van der Waals surface area contributed by atoms with Crippen LogP contribution in [0.4, 0.5) is 5.69 Å². The van der Waals surface area contributed by atoms with Crippen LogP contribution < -0.4 is 11.3 Å². The number of benzene rings is 1. The van der Waals surface area contributed by atoms with Crippen LogP contribution in [0.5, 0.6) is 0 Å². The molecule has 19 heavy (non-hydrogen) atoms. The van der Waals surface area contributed by atoms with Crippen LogP contribution in [0.25, 0.3) is 11.0 Å². The van der Waals surface area contributed by atoms with Crippen LogP contribution in [0, 0.1) is 6.92 Å². The number of imidazole rings is 1. The summed E-state index contributed by atoms with van der Waals surface area (Å²) in [5, 5.41) is 1.17. The highest BCUT2D eigenvalue weighted by molar-refractivity contribution is 7.99. The molecule has 0 atom stereocenters. The molecule has 2 heterocycles. The van der Waals surface area contributed by atoms with Gasteiger partial charge in [0.2, 0.25) is 0 Å². The minimum absolute atomic E-state index is 0.171. The largest absolute Gasteiger partial charge is 0.399 e. The molecule has 0 aliphatic heterocycles. The SMILES string of the molecule is Cc1cc(=O)[nH]c(Sc2nc3ccc(N)cc3[nH]2)n1. The maximum atomic E-state index is 11.4. The minimum Gasteiger partial charge on any atom is -0.399 e. The van der Waals surface area contributed by atoms with Crippen molar-refractivity contribution in [3.8, 4) is 0 Å². The lowest BCUT2D eigenvalue weighted by Gasteiger charge is -1.97. The predicted octanol–water partition coefficient (Wildman–Crippen LogP) is 1.69. The van der Waals surface area contributed by atoms with Gasteiger partial charge in [0.25, 0.3) is 5.56 Å². The highest BCUT2D eigenvalue weighted by atomic mass is 32.2. The fourth-order valence-electron chi connectivity index (χ4n) is 1.74. The molecule has 1 aromatic carbocycles. The van der Waals surface area contributed by atoms with Gasteiger partial charge in [-0.1, -0.05) is 0 Å². The Hall–Kier alpha value is -2.28. The van der Waals surface area contributed by atoms with Crippen molar-refractivity contribution in [2.75, 3.05) is 5.73 Å². The number of aromatic amines is 2. The molecular weight excluding hydrogens is 262 g/mol. The van der Waals surface area contributed by atoms with E-state index in [1.165, 1.54) is 17.8 Å². The summed E-state index contributed by atoms with van der Waals surface area (Å²) in [4.78, 5) is 25.8. The average Bonchev–Trinajstić information content (AvgIpc) is 2.68. The summed E-state index contributed by atoms with van der Waals surface area (Å²) in [5.74, 6) is 0. The van der Waals surface area contributed by atoms with E-state index in [1.54, 1.807) is 13.0 Å². The van der Waals surface area contributed by atoms with Crippen molar-refractivity contribution in [2.45, 2.75) is 17.2 Å². The number of aryl methyl sites for hydroxylation is 1. The smallest absolute Gasteiger partial charge is 0.251 e. The number of hydrogen-bond acceptors (Lipinski definition) is 5. The molecule has 3 aromatic rings. The minimum atomic E-state index is -0.171. The molecule has 3 rings (SSSR count). The number of rotatable bonds is 2. The molecule has 7 heteroatoms. The standard InChI is InChI=1S/C12H11N5OS/c1-6-4-10(18)17-11(14-6)19-12-15-8-3-2-7(13)5-9(8)16-12/h2-5H,13H2,1H3,(H,15,16)(H,14,17,18). The van der Waals surface area contributed by atoms with Crippen molar-refractivity contribution in [3.63, 3.8) is 0 Å². The lowest BCUT2D eigenvalue weighted by Crippen LogP contribution is -2.07. The monoisotopic (exact) mass is 273 g/mol. The Kier molecular flexibility index (Phi) is 2.75. The van der Waals surface area contributed by atoms with Gasteiger partial charge in [0.15, 0.2) is 10.3 Å². The molecule has 0 aliphatic rings. The van der Waals surface area contributed by atoms with E-state index >= 15 is 0 Å². The first-order valence-electron chi connectivity index (χ1n) is 5.61. The lowest BCUT2D eigenvalue weighted by atomic mass is 10.3. The van der Waals surface area contributed by atoms with Gasteiger partial charge in [0.05, 0.1) is 11.0 Å². The van der Waals surface area contributed by atoms with Crippen LogP contribution in [0.2, 0.25) is 0 Å². The van der Waals surface area contributed by atoms with E-state index in [9.17, 15) is 4.79 Å². The van der Waals surface area contributed by atoms with Gasteiger partial charge in [-0.05, 0) is 36.9 Å². The molecule has 2 aromatic heterocycles. The number of nitrogens with zero attached hydrogens (tertiary/aromatic N) is 2. The highest BCUT2D eigenvalue weighted by Gasteiger charge is 2.07. The number of nitrogen functional groups attached to an aromatic ring is 1. The molecule has 0 aliphatic carbocycles. The van der Waals surface area contributed by atoms with E-state index in [-0.39, 0.29) is 5.56 Å². The van der Waals surface area contributed by atoms with Gasteiger partial charge in [-0.3, -0.25) is 4.79 Å². The van der Waals surface area contributed by atoms with Crippen molar-refractivity contribution in [1.82, 2.24) is 19.9 Å². The van der Waals surface area contributed by atoms with Crippen LogP contribution in [0.3, 0.4) is 0 Å². The van der Waals surface area contributed by atoms with Gasteiger partial charge in [-0.15, -0.1) is 0 Å². The Labute approximate surface area is 112 Å². The number of nitrogens with one attached hydrogen (secondary N) is 2. The van der Waals surface area contributed by atoms with Crippen LogP contribution >= 0.6 is 11.8 Å². The molecule has 0 saturated heterocycles. The normalized spacial score (nSPS) is 11.0. The average molecular weight is 273 g/mol. The zero-order valence-electron chi connectivity index (χ0n) is 10.1. The van der Waals surface area contributed by atoms with Crippen LogP contribution in [-0.4, -0.2) is 19.9 Å². The second kappa shape index (κ2) is 4.43. The molecule has 0 saturated carbocycles. The summed E-state index contributed by atoms with van der Waals surface area (Å²) < 4.78 is 0. The van der Waals surface area contributed by atoms with Crippen molar-refractivity contribution >= 4 is 28.5 Å². The van der Waals surface area contributed by atoms with Gasteiger partial charge in [-0.2, -0.15) is 0 Å². The predicted molar refractivity (Wildman–Crippen MR) is 74.2 cm³/mol. The first-order chi connectivity index (χ1) is 9.10. The third-order valence-corrected chi connectivity index (χ3v) is 3.30. The molecule has 0 fully saturated rings. The van der Waals surface area contributed by atoms with Crippen LogP contribution in [0.1, 0.15) is 5.69 Å². The number of fused-ring (bicyclic) bond motifs is 1. The highest BCUT2D eigenvalue weighted by Crippen LogP contribution is 2.24. The summed E-state index contributed by atoms with van der Waals surface area (Å²) in [6.45, 7) is 1.78. The maximum absolute atomic E-state index is 11.4. The second-order valence-electron chi connectivity index (χ2n) is 4.11. The molecule has 6 nitrogen and oxygen atoms in total. The zero-order valence-corrected chi connectivity index (χ0v) is 10.9. The summed E-state index contributed by atoms with van der Waals surface area (Å²) in [6, 6.07) is 6.91. The summed E-state index contributed by atoms with van der Waals surface area (Å²) >= 11 is 1.27. The van der Waals surface area contributed by atoms with E-state index in [0.29, 0.717) is 21.7 Å².